The number of benzene rings is 1. The molecule has 6 nitrogen and oxygen atoms in total. The number of hydrogen-bond acceptors (Lipinski definition) is 4. The number of hydrogen-bond donors (Lipinski definition) is 4. The van der Waals surface area contributed by atoms with Crippen LogP contribution in [0.25, 0.3) is 11.0 Å². The van der Waals surface area contributed by atoms with Crippen LogP contribution in [0, 0.1) is 0 Å². The molecule has 1 aliphatic rings. The van der Waals surface area contributed by atoms with Gasteiger partial charge in [0.1, 0.15) is 0 Å². The first-order valence-electron chi connectivity index (χ1n) is 5.96. The molecule has 6 heteroatoms. The quantitative estimate of drug-likeness (QED) is 0.561. The highest BCUT2D eigenvalue weighted by Crippen LogP contribution is 2.16. The lowest BCUT2D eigenvalue weighted by molar-refractivity contribution is 0.793. The highest BCUT2D eigenvalue weighted by molar-refractivity contribution is 5.78. The van der Waals surface area contributed by atoms with E-state index in [1.165, 1.54) is 0 Å². The summed E-state index contributed by atoms with van der Waals surface area (Å²) in [5.41, 5.74) is 0.967. The minimum atomic E-state index is -0.623. The molecular weight excluding hydrogens is 232 g/mol. The predicted octanol–water partition coefficient (Wildman–Crippen LogP) is -0.00980. The summed E-state index contributed by atoms with van der Waals surface area (Å²) in [6.45, 7) is 1.97. The summed E-state index contributed by atoms with van der Waals surface area (Å²) in [5.74, 6) is 0. The van der Waals surface area contributed by atoms with Gasteiger partial charge in [0.2, 0.25) is 0 Å². The van der Waals surface area contributed by atoms with Crippen LogP contribution in [-0.4, -0.2) is 29.1 Å². The van der Waals surface area contributed by atoms with Gasteiger partial charge in [-0.2, -0.15) is 0 Å². The van der Waals surface area contributed by atoms with Crippen LogP contribution >= 0.6 is 0 Å². The summed E-state index contributed by atoms with van der Waals surface area (Å²) >= 11 is 0. The fraction of sp³-hybridized carbons (Fsp3) is 0.333. The second kappa shape index (κ2) is 4.30. The Kier molecular flexibility index (Phi) is 2.64. The minimum absolute atomic E-state index is 0.414. The van der Waals surface area contributed by atoms with Gasteiger partial charge in [-0.3, -0.25) is 9.59 Å². The van der Waals surface area contributed by atoms with Crippen molar-refractivity contribution in [2.45, 2.75) is 12.5 Å². The molecule has 1 fully saturated rings. The molecule has 1 aromatic heterocycles. The molecule has 94 valence electrons. The number of H-pyrrole nitrogens is 2. The summed E-state index contributed by atoms with van der Waals surface area (Å²) in [4.78, 5) is 27.5. The van der Waals surface area contributed by atoms with E-state index in [-0.39, 0.29) is 0 Å². The molecule has 1 aromatic carbocycles. The normalized spacial score (nSPS) is 19.2. The standard InChI is InChI=1S/C12H14N4O2/c17-11-12(18)16-10-5-7(1-2-9(10)15-11)14-8-3-4-13-6-8/h1-2,5,8,13-14H,3-4,6H2,(H,15,17)(H,16,18). The van der Waals surface area contributed by atoms with E-state index >= 15 is 0 Å². The van der Waals surface area contributed by atoms with Gasteiger partial charge in [0.05, 0.1) is 11.0 Å². The fourth-order valence-corrected chi connectivity index (χ4v) is 2.22. The van der Waals surface area contributed by atoms with E-state index in [1.807, 2.05) is 12.1 Å². The Hall–Kier alpha value is -2.08. The zero-order valence-electron chi connectivity index (χ0n) is 9.75. The van der Waals surface area contributed by atoms with Crippen LogP contribution in [0.5, 0.6) is 0 Å². The smallest absolute Gasteiger partial charge is 0.314 e. The second-order valence-corrected chi connectivity index (χ2v) is 4.50. The van der Waals surface area contributed by atoms with Crippen molar-refractivity contribution < 1.29 is 0 Å². The van der Waals surface area contributed by atoms with E-state index in [1.54, 1.807) is 6.07 Å². The maximum atomic E-state index is 11.3. The van der Waals surface area contributed by atoms with Crippen LogP contribution in [0.15, 0.2) is 27.8 Å². The molecule has 0 radical (unpaired) electrons. The Morgan fingerprint density at radius 3 is 2.61 bits per heavy atom. The Bertz CT molecular complexity index is 682. The van der Waals surface area contributed by atoms with E-state index in [4.69, 9.17) is 0 Å². The minimum Gasteiger partial charge on any atom is -0.381 e. The molecule has 4 N–H and O–H groups in total. The molecule has 0 amide bonds. The van der Waals surface area contributed by atoms with Crippen molar-refractivity contribution in [2.24, 2.45) is 0 Å². The van der Waals surface area contributed by atoms with Crippen molar-refractivity contribution in [3.63, 3.8) is 0 Å². The summed E-state index contributed by atoms with van der Waals surface area (Å²) < 4.78 is 0. The second-order valence-electron chi connectivity index (χ2n) is 4.50. The third kappa shape index (κ3) is 2.02. The molecule has 0 aliphatic carbocycles. The van der Waals surface area contributed by atoms with Crippen molar-refractivity contribution >= 4 is 16.7 Å². The number of nitrogens with one attached hydrogen (secondary N) is 4. The molecule has 1 atom stereocenters. The van der Waals surface area contributed by atoms with E-state index in [9.17, 15) is 9.59 Å². The molecular formula is C12H14N4O2. The first-order valence-corrected chi connectivity index (χ1v) is 5.96. The Balaban J connectivity index is 1.97. The predicted molar refractivity (Wildman–Crippen MR) is 70.1 cm³/mol. The van der Waals surface area contributed by atoms with Gasteiger partial charge in [0, 0.05) is 18.3 Å². The topological polar surface area (TPSA) is 89.8 Å². The maximum absolute atomic E-state index is 11.3. The van der Waals surface area contributed by atoms with Gasteiger partial charge < -0.3 is 20.6 Å². The van der Waals surface area contributed by atoms with Crippen molar-refractivity contribution in [3.8, 4) is 0 Å². The molecule has 2 aromatic rings. The van der Waals surface area contributed by atoms with Gasteiger partial charge in [0.25, 0.3) is 0 Å². The third-order valence-electron chi connectivity index (χ3n) is 3.15. The molecule has 3 rings (SSSR count). The lowest BCUT2D eigenvalue weighted by Gasteiger charge is -2.13. The van der Waals surface area contributed by atoms with Gasteiger partial charge in [-0.05, 0) is 31.2 Å². The zero-order chi connectivity index (χ0) is 12.5. The molecule has 0 saturated carbocycles. The maximum Gasteiger partial charge on any atom is 0.314 e. The van der Waals surface area contributed by atoms with Crippen LogP contribution in [0.3, 0.4) is 0 Å². The van der Waals surface area contributed by atoms with Crippen LogP contribution < -0.4 is 21.8 Å². The molecule has 1 saturated heterocycles. The first-order chi connectivity index (χ1) is 8.72. The summed E-state index contributed by atoms with van der Waals surface area (Å²) in [6.07, 6.45) is 1.08. The van der Waals surface area contributed by atoms with Gasteiger partial charge in [-0.15, -0.1) is 0 Å². The highest BCUT2D eigenvalue weighted by atomic mass is 16.2. The Labute approximate surface area is 102 Å². The van der Waals surface area contributed by atoms with Crippen molar-refractivity contribution in [3.05, 3.63) is 38.9 Å². The molecule has 1 aliphatic heterocycles. The number of rotatable bonds is 2. The summed E-state index contributed by atoms with van der Waals surface area (Å²) in [5, 5.41) is 6.67. The van der Waals surface area contributed by atoms with Gasteiger partial charge in [-0.25, -0.2) is 0 Å². The van der Waals surface area contributed by atoms with Crippen LogP contribution in [0.2, 0.25) is 0 Å². The first kappa shape index (κ1) is 11.0. The monoisotopic (exact) mass is 246 g/mol. The van der Waals surface area contributed by atoms with Crippen LogP contribution in [0.4, 0.5) is 5.69 Å². The fourth-order valence-electron chi connectivity index (χ4n) is 2.22. The van der Waals surface area contributed by atoms with Gasteiger partial charge >= 0.3 is 11.1 Å². The van der Waals surface area contributed by atoms with Crippen molar-refractivity contribution in [1.29, 1.82) is 0 Å². The van der Waals surface area contributed by atoms with Gasteiger partial charge in [0.15, 0.2) is 0 Å². The highest BCUT2D eigenvalue weighted by Gasteiger charge is 2.13. The SMILES string of the molecule is O=c1[nH]c2ccc(NC3CCNC3)cc2[nH]c1=O. The molecule has 2 heterocycles. The molecule has 18 heavy (non-hydrogen) atoms. The lowest BCUT2D eigenvalue weighted by atomic mass is 10.2. The summed E-state index contributed by atoms with van der Waals surface area (Å²) in [7, 11) is 0. The average Bonchev–Trinajstić information content (AvgIpc) is 2.84. The average molecular weight is 246 g/mol. The van der Waals surface area contributed by atoms with Crippen LogP contribution in [-0.2, 0) is 0 Å². The number of anilines is 1. The van der Waals surface area contributed by atoms with E-state index in [0.29, 0.717) is 17.1 Å². The Morgan fingerprint density at radius 2 is 1.89 bits per heavy atom. The third-order valence-corrected chi connectivity index (χ3v) is 3.15. The molecule has 1 unspecified atom stereocenters. The molecule has 0 spiro atoms. The molecule has 0 bridgehead atoms. The Morgan fingerprint density at radius 1 is 1.11 bits per heavy atom. The van der Waals surface area contributed by atoms with Crippen LogP contribution in [0.1, 0.15) is 6.42 Å². The zero-order valence-corrected chi connectivity index (χ0v) is 9.75. The van der Waals surface area contributed by atoms with Gasteiger partial charge in [-0.1, -0.05) is 0 Å². The summed E-state index contributed by atoms with van der Waals surface area (Å²) in [6, 6.07) is 5.94. The number of aromatic nitrogens is 2. The lowest BCUT2D eigenvalue weighted by Crippen LogP contribution is -2.29. The van der Waals surface area contributed by atoms with Crippen molar-refractivity contribution in [1.82, 2.24) is 15.3 Å². The van der Waals surface area contributed by atoms with E-state index < -0.39 is 11.1 Å². The largest absolute Gasteiger partial charge is 0.381 e. The van der Waals surface area contributed by atoms with E-state index in [0.717, 1.165) is 25.2 Å². The number of aromatic amines is 2. The number of fused-ring (bicyclic) bond motifs is 1. The van der Waals surface area contributed by atoms with E-state index in [2.05, 4.69) is 20.6 Å². The van der Waals surface area contributed by atoms with Crippen molar-refractivity contribution in [2.75, 3.05) is 18.4 Å².